The molecule has 0 bridgehead atoms. The molecule has 0 aliphatic carbocycles. The van der Waals surface area contributed by atoms with Crippen LogP contribution in [0.3, 0.4) is 0 Å². The van der Waals surface area contributed by atoms with Gasteiger partial charge in [0.25, 0.3) is 0 Å². The van der Waals surface area contributed by atoms with Crippen molar-refractivity contribution in [2.24, 2.45) is 5.73 Å². The van der Waals surface area contributed by atoms with Gasteiger partial charge >= 0.3 is 0 Å². The Morgan fingerprint density at radius 2 is 2.11 bits per heavy atom. The molecule has 0 saturated carbocycles. The van der Waals surface area contributed by atoms with Gasteiger partial charge < -0.3 is 10.6 Å². The molecule has 2 N–H and O–H groups in total. The SMILES string of the molecule is Cc1cccc(C2CCCN2C(=O)[C@@H](C)N)c1C.Cl. The zero-order chi connectivity index (χ0) is 13.3. The third-order valence-electron chi connectivity index (χ3n) is 3.93. The second-order valence-electron chi connectivity index (χ2n) is 5.27. The van der Waals surface area contributed by atoms with Crippen LogP contribution in [0.1, 0.15) is 42.5 Å². The molecule has 1 aliphatic rings. The van der Waals surface area contributed by atoms with E-state index in [0.717, 1.165) is 19.4 Å². The lowest BCUT2D eigenvalue weighted by Crippen LogP contribution is -2.41. The number of amides is 1. The summed E-state index contributed by atoms with van der Waals surface area (Å²) in [6, 6.07) is 6.13. The summed E-state index contributed by atoms with van der Waals surface area (Å²) >= 11 is 0. The summed E-state index contributed by atoms with van der Waals surface area (Å²) in [6.45, 7) is 6.85. The van der Waals surface area contributed by atoms with Crippen LogP contribution in [-0.2, 0) is 4.79 Å². The second-order valence-corrected chi connectivity index (χ2v) is 5.27. The van der Waals surface area contributed by atoms with Crippen molar-refractivity contribution in [2.45, 2.75) is 45.7 Å². The van der Waals surface area contributed by atoms with Crippen LogP contribution in [-0.4, -0.2) is 23.4 Å². The maximum absolute atomic E-state index is 12.1. The van der Waals surface area contributed by atoms with Crippen molar-refractivity contribution in [2.75, 3.05) is 6.54 Å². The lowest BCUT2D eigenvalue weighted by Gasteiger charge is -2.28. The number of nitrogens with zero attached hydrogens (tertiary/aromatic N) is 1. The predicted octanol–water partition coefficient (Wildman–Crippen LogP) is 2.74. The summed E-state index contributed by atoms with van der Waals surface area (Å²) in [5.74, 6) is 0.0680. The Labute approximate surface area is 121 Å². The number of hydrogen-bond acceptors (Lipinski definition) is 2. The maximum atomic E-state index is 12.1. The Hall–Kier alpha value is -1.06. The van der Waals surface area contributed by atoms with Gasteiger partial charge in [0, 0.05) is 6.54 Å². The number of halogens is 1. The highest BCUT2D eigenvalue weighted by atomic mass is 35.5. The number of benzene rings is 1. The van der Waals surface area contributed by atoms with E-state index in [-0.39, 0.29) is 24.4 Å². The molecule has 2 atom stereocenters. The normalized spacial score (nSPS) is 20.0. The van der Waals surface area contributed by atoms with Gasteiger partial charge in [0.2, 0.25) is 5.91 Å². The first-order chi connectivity index (χ1) is 8.52. The number of aryl methyl sites for hydroxylation is 1. The Kier molecular flexibility index (Phi) is 5.39. The molecule has 1 aromatic carbocycles. The van der Waals surface area contributed by atoms with Gasteiger partial charge in [-0.25, -0.2) is 0 Å². The summed E-state index contributed by atoms with van der Waals surface area (Å²) in [6.07, 6.45) is 2.11. The quantitative estimate of drug-likeness (QED) is 0.907. The molecule has 1 aliphatic heterocycles. The van der Waals surface area contributed by atoms with Gasteiger partial charge in [0.05, 0.1) is 12.1 Å². The minimum Gasteiger partial charge on any atom is -0.334 e. The van der Waals surface area contributed by atoms with E-state index in [1.165, 1.54) is 16.7 Å². The van der Waals surface area contributed by atoms with E-state index >= 15 is 0 Å². The fourth-order valence-corrected chi connectivity index (χ4v) is 2.75. The largest absolute Gasteiger partial charge is 0.334 e. The number of rotatable bonds is 2. The fraction of sp³-hybridized carbons (Fsp3) is 0.533. The molecule has 1 fully saturated rings. The van der Waals surface area contributed by atoms with Crippen molar-refractivity contribution in [3.63, 3.8) is 0 Å². The van der Waals surface area contributed by atoms with Gasteiger partial charge in [-0.3, -0.25) is 4.79 Å². The molecule has 0 radical (unpaired) electrons. The van der Waals surface area contributed by atoms with E-state index < -0.39 is 6.04 Å². The number of carbonyl (C=O) groups is 1. The van der Waals surface area contributed by atoms with Gasteiger partial charge in [-0.2, -0.15) is 0 Å². The van der Waals surface area contributed by atoms with Crippen LogP contribution in [0.4, 0.5) is 0 Å². The average molecular weight is 283 g/mol. The van der Waals surface area contributed by atoms with E-state index in [1.54, 1.807) is 6.92 Å². The van der Waals surface area contributed by atoms with Crippen LogP contribution >= 0.6 is 12.4 Å². The molecular weight excluding hydrogens is 260 g/mol. The zero-order valence-corrected chi connectivity index (χ0v) is 12.7. The Bertz CT molecular complexity index is 459. The third-order valence-corrected chi connectivity index (χ3v) is 3.93. The highest BCUT2D eigenvalue weighted by Gasteiger charge is 2.32. The topological polar surface area (TPSA) is 46.3 Å². The summed E-state index contributed by atoms with van der Waals surface area (Å²) in [5.41, 5.74) is 9.59. The molecule has 19 heavy (non-hydrogen) atoms. The molecule has 1 heterocycles. The van der Waals surface area contributed by atoms with Crippen molar-refractivity contribution in [3.05, 3.63) is 34.9 Å². The van der Waals surface area contributed by atoms with E-state index in [9.17, 15) is 4.79 Å². The summed E-state index contributed by atoms with van der Waals surface area (Å²) in [5, 5.41) is 0. The first kappa shape index (κ1) is 16.0. The Morgan fingerprint density at radius 1 is 1.42 bits per heavy atom. The van der Waals surface area contributed by atoms with E-state index in [0.29, 0.717) is 0 Å². The summed E-state index contributed by atoms with van der Waals surface area (Å²) in [4.78, 5) is 14.1. The van der Waals surface area contributed by atoms with Crippen molar-refractivity contribution in [1.29, 1.82) is 0 Å². The van der Waals surface area contributed by atoms with Crippen LogP contribution in [0, 0.1) is 13.8 Å². The molecule has 1 saturated heterocycles. The standard InChI is InChI=1S/C15H22N2O.ClH/c1-10-6-4-7-13(11(10)2)14-8-5-9-17(14)15(18)12(3)16;/h4,6-7,12,14H,5,8-9,16H2,1-3H3;1H/t12-,14?;/m1./s1. The second kappa shape index (κ2) is 6.40. The predicted molar refractivity (Wildman–Crippen MR) is 80.5 cm³/mol. The van der Waals surface area contributed by atoms with Gasteiger partial charge in [-0.05, 0) is 50.3 Å². The Balaban J connectivity index is 0.00000180. The van der Waals surface area contributed by atoms with Crippen molar-refractivity contribution in [3.8, 4) is 0 Å². The number of likely N-dealkylation sites (tertiary alicyclic amines) is 1. The van der Waals surface area contributed by atoms with Gasteiger partial charge in [0.1, 0.15) is 0 Å². The van der Waals surface area contributed by atoms with Crippen LogP contribution in [0.5, 0.6) is 0 Å². The molecule has 4 heteroatoms. The summed E-state index contributed by atoms with van der Waals surface area (Å²) < 4.78 is 0. The lowest BCUT2D eigenvalue weighted by molar-refractivity contribution is -0.133. The highest BCUT2D eigenvalue weighted by molar-refractivity contribution is 5.85. The Morgan fingerprint density at radius 3 is 2.74 bits per heavy atom. The van der Waals surface area contributed by atoms with Crippen LogP contribution in [0.15, 0.2) is 18.2 Å². The number of carbonyl (C=O) groups excluding carboxylic acids is 1. The third kappa shape index (κ3) is 3.10. The zero-order valence-electron chi connectivity index (χ0n) is 11.8. The molecule has 0 spiro atoms. The first-order valence-corrected chi connectivity index (χ1v) is 6.64. The molecule has 3 nitrogen and oxygen atoms in total. The molecule has 2 rings (SSSR count). The number of nitrogens with two attached hydrogens (primary N) is 1. The van der Waals surface area contributed by atoms with Crippen molar-refractivity contribution >= 4 is 18.3 Å². The fourth-order valence-electron chi connectivity index (χ4n) is 2.75. The first-order valence-electron chi connectivity index (χ1n) is 6.64. The van der Waals surface area contributed by atoms with Crippen LogP contribution in [0.2, 0.25) is 0 Å². The van der Waals surface area contributed by atoms with E-state index in [1.807, 2.05) is 4.90 Å². The molecule has 1 amide bonds. The highest BCUT2D eigenvalue weighted by Crippen LogP contribution is 2.34. The van der Waals surface area contributed by atoms with Gasteiger partial charge in [-0.15, -0.1) is 12.4 Å². The van der Waals surface area contributed by atoms with E-state index in [4.69, 9.17) is 5.73 Å². The van der Waals surface area contributed by atoms with Crippen molar-refractivity contribution in [1.82, 2.24) is 4.90 Å². The lowest BCUT2D eigenvalue weighted by atomic mass is 9.96. The number of hydrogen-bond donors (Lipinski definition) is 1. The average Bonchev–Trinajstić information content (AvgIpc) is 2.80. The molecule has 1 unspecified atom stereocenters. The smallest absolute Gasteiger partial charge is 0.239 e. The minimum atomic E-state index is -0.407. The molecule has 0 aromatic heterocycles. The van der Waals surface area contributed by atoms with Gasteiger partial charge in [-0.1, -0.05) is 18.2 Å². The van der Waals surface area contributed by atoms with Crippen LogP contribution in [0.25, 0.3) is 0 Å². The minimum absolute atomic E-state index is 0. The molecule has 1 aromatic rings. The van der Waals surface area contributed by atoms with Crippen LogP contribution < -0.4 is 5.73 Å². The summed E-state index contributed by atoms with van der Waals surface area (Å²) in [7, 11) is 0. The monoisotopic (exact) mass is 282 g/mol. The molecular formula is C15H23ClN2O. The maximum Gasteiger partial charge on any atom is 0.239 e. The van der Waals surface area contributed by atoms with E-state index in [2.05, 4.69) is 32.0 Å². The van der Waals surface area contributed by atoms with Crippen molar-refractivity contribution < 1.29 is 4.79 Å². The molecule has 106 valence electrons. The van der Waals surface area contributed by atoms with Gasteiger partial charge in [0.15, 0.2) is 0 Å².